The Morgan fingerprint density at radius 3 is 2.59 bits per heavy atom. The summed E-state index contributed by atoms with van der Waals surface area (Å²) < 4.78 is 0. The molecule has 152 valence electrons. The molecule has 2 amide bonds. The van der Waals surface area contributed by atoms with Gasteiger partial charge < -0.3 is 5.32 Å². The molecule has 1 heterocycles. The number of amides is 2. The Morgan fingerprint density at radius 2 is 1.93 bits per heavy atom. The standard InChI is InChI=1S/C22H24ClN3O2S/c1-13(2)15-6-9-17(10-7-15)24-22-26(4)21(28)19(29-22)12-20(27)25-18-11-16(23)8-5-14(18)3/h5-11,13,19H,12H2,1-4H3,(H,25,27)/t19-/m1/s1. The molecule has 2 aromatic carbocycles. The van der Waals surface area contributed by atoms with Crippen molar-refractivity contribution in [3.63, 3.8) is 0 Å². The summed E-state index contributed by atoms with van der Waals surface area (Å²) in [6.45, 7) is 6.17. The maximum atomic E-state index is 12.6. The van der Waals surface area contributed by atoms with Crippen molar-refractivity contribution < 1.29 is 9.59 Å². The van der Waals surface area contributed by atoms with Gasteiger partial charge in [0.25, 0.3) is 0 Å². The zero-order chi connectivity index (χ0) is 21.1. The summed E-state index contributed by atoms with van der Waals surface area (Å²) in [7, 11) is 1.69. The number of rotatable bonds is 5. The molecule has 7 heteroatoms. The lowest BCUT2D eigenvalue weighted by Gasteiger charge is -2.11. The van der Waals surface area contributed by atoms with E-state index in [-0.39, 0.29) is 18.2 Å². The van der Waals surface area contributed by atoms with Crippen molar-refractivity contribution in [3.05, 3.63) is 58.6 Å². The molecule has 1 aliphatic heterocycles. The molecule has 3 rings (SSSR count). The van der Waals surface area contributed by atoms with E-state index in [1.807, 2.05) is 37.3 Å². The SMILES string of the molecule is Cc1ccc(Cl)cc1NC(=O)C[C@H]1SC(=Nc2ccc(C(C)C)cc2)N(C)C1=O. The normalized spacial score (nSPS) is 18.0. The maximum absolute atomic E-state index is 12.6. The van der Waals surface area contributed by atoms with E-state index in [0.29, 0.717) is 21.8 Å². The molecule has 0 aliphatic carbocycles. The largest absolute Gasteiger partial charge is 0.326 e. The lowest BCUT2D eigenvalue weighted by molar-refractivity contribution is -0.127. The predicted molar refractivity (Wildman–Crippen MR) is 121 cm³/mol. The van der Waals surface area contributed by atoms with Gasteiger partial charge in [-0.05, 0) is 48.2 Å². The zero-order valence-corrected chi connectivity index (χ0v) is 18.5. The lowest BCUT2D eigenvalue weighted by Crippen LogP contribution is -2.30. The Kier molecular flexibility index (Phi) is 6.65. The molecule has 1 atom stereocenters. The predicted octanol–water partition coefficient (Wildman–Crippen LogP) is 5.36. The Bertz CT molecular complexity index is 957. The van der Waals surface area contributed by atoms with Crippen LogP contribution in [-0.4, -0.2) is 34.2 Å². The van der Waals surface area contributed by atoms with Crippen LogP contribution in [0.15, 0.2) is 47.5 Å². The first-order valence-corrected chi connectivity index (χ1v) is 10.7. The third-order valence-electron chi connectivity index (χ3n) is 4.77. The van der Waals surface area contributed by atoms with Gasteiger partial charge in [-0.1, -0.05) is 55.4 Å². The third-order valence-corrected chi connectivity index (χ3v) is 6.23. The Labute approximate surface area is 180 Å². The number of halogens is 1. The van der Waals surface area contributed by atoms with Gasteiger partial charge in [-0.3, -0.25) is 14.5 Å². The number of thioether (sulfide) groups is 1. The molecule has 1 fully saturated rings. The monoisotopic (exact) mass is 429 g/mol. The molecular formula is C22H24ClN3O2S. The van der Waals surface area contributed by atoms with Crippen LogP contribution in [0.4, 0.5) is 11.4 Å². The first-order valence-electron chi connectivity index (χ1n) is 9.43. The number of benzene rings is 2. The molecule has 0 unspecified atom stereocenters. The lowest BCUT2D eigenvalue weighted by atomic mass is 10.0. The fraction of sp³-hybridized carbons (Fsp3) is 0.318. The van der Waals surface area contributed by atoms with Gasteiger partial charge in [-0.25, -0.2) is 4.99 Å². The number of amidine groups is 1. The van der Waals surface area contributed by atoms with Crippen LogP contribution in [0.25, 0.3) is 0 Å². The van der Waals surface area contributed by atoms with Gasteiger partial charge in [0.15, 0.2) is 5.17 Å². The summed E-state index contributed by atoms with van der Waals surface area (Å²) in [5, 5.41) is 3.51. The van der Waals surface area contributed by atoms with E-state index < -0.39 is 5.25 Å². The Morgan fingerprint density at radius 1 is 1.24 bits per heavy atom. The van der Waals surface area contributed by atoms with Gasteiger partial charge in [0.05, 0.1) is 5.69 Å². The number of hydrogen-bond acceptors (Lipinski definition) is 4. The molecule has 29 heavy (non-hydrogen) atoms. The summed E-state index contributed by atoms with van der Waals surface area (Å²) >= 11 is 7.32. The second-order valence-electron chi connectivity index (χ2n) is 7.36. The summed E-state index contributed by atoms with van der Waals surface area (Å²) in [6, 6.07) is 13.3. The van der Waals surface area contributed by atoms with E-state index in [2.05, 4.69) is 24.2 Å². The molecule has 0 saturated carbocycles. The first-order chi connectivity index (χ1) is 13.7. The Balaban J connectivity index is 1.68. The molecule has 2 aromatic rings. The summed E-state index contributed by atoms with van der Waals surface area (Å²) in [5.74, 6) is 0.107. The highest BCUT2D eigenvalue weighted by Gasteiger charge is 2.37. The van der Waals surface area contributed by atoms with Crippen LogP contribution in [-0.2, 0) is 9.59 Å². The molecule has 0 radical (unpaired) electrons. The maximum Gasteiger partial charge on any atom is 0.242 e. The number of carbonyl (C=O) groups is 2. The number of nitrogens with zero attached hydrogens (tertiary/aromatic N) is 2. The number of nitrogens with one attached hydrogen (secondary N) is 1. The number of aliphatic imine (C=N–C) groups is 1. The van der Waals surface area contributed by atoms with Crippen LogP contribution < -0.4 is 5.32 Å². The molecule has 5 nitrogen and oxygen atoms in total. The third kappa shape index (κ3) is 5.19. The van der Waals surface area contributed by atoms with E-state index in [1.54, 1.807) is 19.2 Å². The average Bonchev–Trinajstić information content (AvgIpc) is 2.93. The molecule has 1 N–H and O–H groups in total. The van der Waals surface area contributed by atoms with Gasteiger partial charge in [-0.15, -0.1) is 0 Å². The van der Waals surface area contributed by atoms with Crippen LogP contribution in [0.1, 0.15) is 37.3 Å². The quantitative estimate of drug-likeness (QED) is 0.695. The smallest absolute Gasteiger partial charge is 0.242 e. The minimum absolute atomic E-state index is 0.0745. The number of hydrogen-bond donors (Lipinski definition) is 1. The summed E-state index contributed by atoms with van der Waals surface area (Å²) in [6.07, 6.45) is 0.0745. The van der Waals surface area contributed by atoms with Crippen molar-refractivity contribution in [2.24, 2.45) is 4.99 Å². The molecule has 1 aliphatic rings. The summed E-state index contributed by atoms with van der Waals surface area (Å²) in [5.41, 5.74) is 3.60. The summed E-state index contributed by atoms with van der Waals surface area (Å²) in [4.78, 5) is 31.2. The fourth-order valence-corrected chi connectivity index (χ4v) is 4.27. The van der Waals surface area contributed by atoms with Crippen LogP contribution in [0.2, 0.25) is 5.02 Å². The average molecular weight is 430 g/mol. The fourth-order valence-electron chi connectivity index (χ4n) is 2.94. The van der Waals surface area contributed by atoms with Crippen molar-refractivity contribution in [2.75, 3.05) is 12.4 Å². The number of anilines is 1. The minimum Gasteiger partial charge on any atom is -0.326 e. The van der Waals surface area contributed by atoms with Crippen molar-refractivity contribution in [3.8, 4) is 0 Å². The molecule has 1 saturated heterocycles. The van der Waals surface area contributed by atoms with E-state index in [0.717, 1.165) is 11.3 Å². The highest BCUT2D eigenvalue weighted by molar-refractivity contribution is 8.15. The second-order valence-corrected chi connectivity index (χ2v) is 8.96. The molecule has 0 aromatic heterocycles. The van der Waals surface area contributed by atoms with Gasteiger partial charge in [0, 0.05) is 24.2 Å². The zero-order valence-electron chi connectivity index (χ0n) is 16.9. The van der Waals surface area contributed by atoms with Crippen molar-refractivity contribution in [1.29, 1.82) is 0 Å². The molecule has 0 bridgehead atoms. The highest BCUT2D eigenvalue weighted by atomic mass is 35.5. The first kappa shape index (κ1) is 21.4. The van der Waals surface area contributed by atoms with Crippen molar-refractivity contribution >= 4 is 51.7 Å². The van der Waals surface area contributed by atoms with E-state index in [4.69, 9.17) is 11.6 Å². The number of carbonyl (C=O) groups excluding carboxylic acids is 2. The van der Waals surface area contributed by atoms with Crippen LogP contribution in [0.5, 0.6) is 0 Å². The molecule has 0 spiro atoms. The van der Waals surface area contributed by atoms with Crippen LogP contribution in [0, 0.1) is 6.92 Å². The molecular weight excluding hydrogens is 406 g/mol. The van der Waals surface area contributed by atoms with Crippen LogP contribution >= 0.6 is 23.4 Å². The van der Waals surface area contributed by atoms with Gasteiger partial charge >= 0.3 is 0 Å². The van der Waals surface area contributed by atoms with E-state index >= 15 is 0 Å². The van der Waals surface area contributed by atoms with Gasteiger partial charge in [0.1, 0.15) is 5.25 Å². The van der Waals surface area contributed by atoms with Crippen molar-refractivity contribution in [2.45, 2.75) is 38.4 Å². The van der Waals surface area contributed by atoms with Gasteiger partial charge in [-0.2, -0.15) is 0 Å². The number of aryl methyl sites for hydroxylation is 1. The minimum atomic E-state index is -0.492. The van der Waals surface area contributed by atoms with E-state index in [1.165, 1.54) is 22.2 Å². The van der Waals surface area contributed by atoms with Crippen molar-refractivity contribution in [1.82, 2.24) is 4.90 Å². The second kappa shape index (κ2) is 9.01. The van der Waals surface area contributed by atoms with E-state index in [9.17, 15) is 9.59 Å². The van der Waals surface area contributed by atoms with Crippen LogP contribution in [0.3, 0.4) is 0 Å². The topological polar surface area (TPSA) is 61.8 Å². The Hall–Kier alpha value is -2.31. The van der Waals surface area contributed by atoms with Gasteiger partial charge in [0.2, 0.25) is 11.8 Å². The highest BCUT2D eigenvalue weighted by Crippen LogP contribution is 2.31.